The molecule has 3 heteroatoms. The highest BCUT2D eigenvalue weighted by molar-refractivity contribution is 5.79. The summed E-state index contributed by atoms with van der Waals surface area (Å²) in [4.78, 5) is 12.4. The molecule has 0 aliphatic rings. The first kappa shape index (κ1) is 8.43. The zero-order chi connectivity index (χ0) is 7.44. The molecule has 0 spiro atoms. The molecule has 3 nitrogen and oxygen atoms in total. The molecule has 0 aromatic carbocycles. The fourth-order valence-electron chi connectivity index (χ4n) is 0.464. The number of ether oxygens (including phenoxy) is 1. The van der Waals surface area contributed by atoms with Crippen molar-refractivity contribution in [2.24, 2.45) is 0 Å². The van der Waals surface area contributed by atoms with Crippen molar-refractivity contribution in [1.82, 2.24) is 4.90 Å². The van der Waals surface area contributed by atoms with Gasteiger partial charge in [0, 0.05) is 21.2 Å². The van der Waals surface area contributed by atoms with E-state index in [2.05, 4.69) is 0 Å². The van der Waals surface area contributed by atoms with Gasteiger partial charge in [-0.2, -0.15) is 0 Å². The molecule has 0 heterocycles. The molecular weight excluding hydrogens is 118 g/mol. The maximum absolute atomic E-state index is 10.9. The molecule has 1 amide bonds. The van der Waals surface area contributed by atoms with Crippen molar-refractivity contribution in [3.63, 3.8) is 0 Å². The first-order chi connectivity index (χ1) is 4.09. The minimum atomic E-state index is -0.319. The van der Waals surface area contributed by atoms with Gasteiger partial charge in [-0.15, -0.1) is 0 Å². The number of nitrogens with zero attached hydrogens (tertiary/aromatic N) is 1. The Hall–Kier alpha value is -0.570. The normalized spacial score (nSPS) is 12.9. The highest BCUT2D eigenvalue weighted by Gasteiger charge is 2.12. The fourth-order valence-corrected chi connectivity index (χ4v) is 0.464. The van der Waals surface area contributed by atoms with Gasteiger partial charge in [-0.3, -0.25) is 4.79 Å². The van der Waals surface area contributed by atoms with Crippen molar-refractivity contribution >= 4 is 5.91 Å². The van der Waals surface area contributed by atoms with Gasteiger partial charge in [-0.05, 0) is 6.92 Å². The van der Waals surface area contributed by atoms with Crippen molar-refractivity contribution in [2.45, 2.75) is 13.0 Å². The summed E-state index contributed by atoms with van der Waals surface area (Å²) in [6, 6.07) is 0. The predicted octanol–water partition coefficient (Wildman–Crippen LogP) is 0.109. The maximum atomic E-state index is 10.9. The number of rotatable bonds is 2. The Bertz CT molecular complexity index is 101. The first-order valence-electron chi connectivity index (χ1n) is 2.83. The Labute approximate surface area is 55.6 Å². The number of hydrogen-bond donors (Lipinski definition) is 0. The van der Waals surface area contributed by atoms with Crippen LogP contribution in [0, 0.1) is 0 Å². The Morgan fingerprint density at radius 2 is 2.00 bits per heavy atom. The van der Waals surface area contributed by atoms with Gasteiger partial charge in [0.05, 0.1) is 0 Å². The highest BCUT2D eigenvalue weighted by atomic mass is 16.5. The molecule has 0 fully saturated rings. The number of carbonyl (C=O) groups excluding carboxylic acids is 1. The molecule has 0 saturated heterocycles. The van der Waals surface area contributed by atoms with Gasteiger partial charge in [0.25, 0.3) is 5.91 Å². The Balaban J connectivity index is 3.73. The fraction of sp³-hybridized carbons (Fsp3) is 0.833. The van der Waals surface area contributed by atoms with Crippen LogP contribution in [0.3, 0.4) is 0 Å². The summed E-state index contributed by atoms with van der Waals surface area (Å²) < 4.78 is 4.78. The van der Waals surface area contributed by atoms with Crippen molar-refractivity contribution < 1.29 is 9.53 Å². The third-order valence-electron chi connectivity index (χ3n) is 1.14. The third kappa shape index (κ3) is 2.46. The summed E-state index contributed by atoms with van der Waals surface area (Å²) in [5, 5.41) is 0. The van der Waals surface area contributed by atoms with Crippen LogP contribution in [-0.4, -0.2) is 38.1 Å². The van der Waals surface area contributed by atoms with Gasteiger partial charge in [0.1, 0.15) is 6.10 Å². The molecular formula is C6H13NO2. The van der Waals surface area contributed by atoms with Gasteiger partial charge in [0.2, 0.25) is 0 Å². The summed E-state index contributed by atoms with van der Waals surface area (Å²) >= 11 is 0. The predicted molar refractivity (Wildman–Crippen MR) is 35.2 cm³/mol. The molecule has 0 bridgehead atoms. The van der Waals surface area contributed by atoms with E-state index in [4.69, 9.17) is 4.74 Å². The lowest BCUT2D eigenvalue weighted by Gasteiger charge is -2.14. The van der Waals surface area contributed by atoms with Crippen LogP contribution in [0.15, 0.2) is 0 Å². The van der Waals surface area contributed by atoms with E-state index >= 15 is 0 Å². The highest BCUT2D eigenvalue weighted by Crippen LogP contribution is 1.91. The van der Waals surface area contributed by atoms with E-state index in [-0.39, 0.29) is 12.0 Å². The first-order valence-corrected chi connectivity index (χ1v) is 2.83. The van der Waals surface area contributed by atoms with E-state index in [9.17, 15) is 4.79 Å². The topological polar surface area (TPSA) is 29.5 Å². The molecule has 0 aromatic rings. The standard InChI is InChI=1S/C6H13NO2/c1-5(9-4)6(8)7(2)3/h5H,1-4H3/t5-/m1/s1. The van der Waals surface area contributed by atoms with E-state index in [0.717, 1.165) is 0 Å². The minimum Gasteiger partial charge on any atom is -0.372 e. The molecule has 54 valence electrons. The summed E-state index contributed by atoms with van der Waals surface area (Å²) in [6.45, 7) is 1.72. The Morgan fingerprint density at radius 1 is 1.56 bits per heavy atom. The van der Waals surface area contributed by atoms with Crippen molar-refractivity contribution in [2.75, 3.05) is 21.2 Å². The number of likely N-dealkylation sites (N-methyl/N-ethyl adjacent to an activating group) is 1. The van der Waals surface area contributed by atoms with E-state index in [0.29, 0.717) is 0 Å². The van der Waals surface area contributed by atoms with Gasteiger partial charge in [0.15, 0.2) is 0 Å². The van der Waals surface area contributed by atoms with Gasteiger partial charge < -0.3 is 9.64 Å². The summed E-state index contributed by atoms with van der Waals surface area (Å²) in [5.41, 5.74) is 0. The molecule has 0 unspecified atom stereocenters. The van der Waals surface area contributed by atoms with Gasteiger partial charge >= 0.3 is 0 Å². The smallest absolute Gasteiger partial charge is 0.250 e. The average molecular weight is 131 g/mol. The SMILES string of the molecule is CO[C@H](C)C(=O)N(C)C. The number of methoxy groups -OCH3 is 1. The van der Waals surface area contributed by atoms with Crippen molar-refractivity contribution in [3.8, 4) is 0 Å². The maximum Gasteiger partial charge on any atom is 0.250 e. The minimum absolute atomic E-state index is 0.00231. The van der Waals surface area contributed by atoms with E-state index in [1.807, 2.05) is 0 Å². The lowest BCUT2D eigenvalue weighted by molar-refractivity contribution is -0.138. The summed E-state index contributed by atoms with van der Waals surface area (Å²) in [5.74, 6) is -0.00231. The summed E-state index contributed by atoms with van der Waals surface area (Å²) in [6.07, 6.45) is -0.319. The van der Waals surface area contributed by atoms with Gasteiger partial charge in [-0.1, -0.05) is 0 Å². The summed E-state index contributed by atoms with van der Waals surface area (Å²) in [7, 11) is 4.93. The quantitative estimate of drug-likeness (QED) is 0.532. The molecule has 0 aliphatic heterocycles. The monoisotopic (exact) mass is 131 g/mol. The largest absolute Gasteiger partial charge is 0.372 e. The van der Waals surface area contributed by atoms with Crippen molar-refractivity contribution in [1.29, 1.82) is 0 Å². The molecule has 0 rings (SSSR count). The Morgan fingerprint density at radius 3 is 2.11 bits per heavy atom. The second kappa shape index (κ2) is 3.45. The molecule has 0 saturated carbocycles. The molecule has 9 heavy (non-hydrogen) atoms. The van der Waals surface area contributed by atoms with Crippen molar-refractivity contribution in [3.05, 3.63) is 0 Å². The number of carbonyl (C=O) groups is 1. The lowest BCUT2D eigenvalue weighted by Crippen LogP contribution is -2.32. The van der Waals surface area contributed by atoms with E-state index in [1.54, 1.807) is 21.0 Å². The van der Waals surface area contributed by atoms with Crippen LogP contribution in [0.2, 0.25) is 0 Å². The Kier molecular flexibility index (Phi) is 3.24. The lowest BCUT2D eigenvalue weighted by atomic mass is 10.4. The van der Waals surface area contributed by atoms with E-state index < -0.39 is 0 Å². The second-order valence-electron chi connectivity index (χ2n) is 2.11. The van der Waals surface area contributed by atoms with Crippen LogP contribution in [0.4, 0.5) is 0 Å². The molecule has 0 radical (unpaired) electrons. The van der Waals surface area contributed by atoms with Crippen LogP contribution in [0.25, 0.3) is 0 Å². The average Bonchev–Trinajstić information content (AvgIpc) is 1.84. The van der Waals surface area contributed by atoms with E-state index in [1.165, 1.54) is 12.0 Å². The van der Waals surface area contributed by atoms with Gasteiger partial charge in [-0.25, -0.2) is 0 Å². The second-order valence-corrected chi connectivity index (χ2v) is 2.11. The molecule has 0 N–H and O–H groups in total. The van der Waals surface area contributed by atoms with Crippen LogP contribution in [0.1, 0.15) is 6.92 Å². The molecule has 0 aliphatic carbocycles. The van der Waals surface area contributed by atoms with Crippen LogP contribution < -0.4 is 0 Å². The zero-order valence-electron chi connectivity index (χ0n) is 6.34. The molecule has 0 aromatic heterocycles. The molecule has 1 atom stereocenters. The number of amides is 1. The third-order valence-corrected chi connectivity index (χ3v) is 1.14. The van der Waals surface area contributed by atoms with Crippen LogP contribution >= 0.6 is 0 Å². The van der Waals surface area contributed by atoms with Crippen LogP contribution in [0.5, 0.6) is 0 Å². The zero-order valence-corrected chi connectivity index (χ0v) is 6.34. The van der Waals surface area contributed by atoms with Crippen LogP contribution in [-0.2, 0) is 9.53 Å². The number of hydrogen-bond acceptors (Lipinski definition) is 2.